The number of ether oxygens (including phenoxy) is 2. The molecule has 2 N–H and O–H groups in total. The normalized spacial score (nSPS) is 19.2. The largest absolute Gasteiger partial charge is 0.444 e. The molecule has 0 spiro atoms. The van der Waals surface area contributed by atoms with E-state index in [9.17, 15) is 31.5 Å². The second kappa shape index (κ2) is 11.4. The highest BCUT2D eigenvalue weighted by molar-refractivity contribution is 6.30. The molecule has 2 atom stereocenters. The second-order valence-corrected chi connectivity index (χ2v) is 13.0. The lowest BCUT2D eigenvalue weighted by Gasteiger charge is -2.34. The number of rotatable bonds is 10. The lowest BCUT2D eigenvalue weighted by atomic mass is 9.79. The summed E-state index contributed by atoms with van der Waals surface area (Å²) in [4.78, 5) is 29.7. The van der Waals surface area contributed by atoms with E-state index in [0.29, 0.717) is 5.56 Å². The molecule has 0 aromatic carbocycles. The van der Waals surface area contributed by atoms with Gasteiger partial charge in [0, 0.05) is 24.8 Å². The Kier molecular flexibility index (Phi) is 8.73. The van der Waals surface area contributed by atoms with E-state index in [1.54, 1.807) is 26.8 Å². The minimum atomic E-state index is -4.67. The number of imidazole rings is 1. The molecule has 2 aliphatic rings. The third kappa shape index (κ3) is 8.00. The molecule has 2 saturated carbocycles. The highest BCUT2D eigenvalue weighted by atomic mass is 35.5. The van der Waals surface area contributed by atoms with Crippen molar-refractivity contribution in [2.45, 2.75) is 102 Å². The molecule has 4 rings (SSSR count). The van der Waals surface area contributed by atoms with E-state index in [2.05, 4.69) is 20.7 Å². The SMILES string of the molecule is CC(C)(C)OC(=O)N[C@@H](COC(C)(C)C(F)(F)F)c1cn2nc(Cl)c(C(NC(=O)CC3CC(F)(F)C3)C3CC3)cc2n1. The highest BCUT2D eigenvalue weighted by Gasteiger charge is 2.49. The summed E-state index contributed by atoms with van der Waals surface area (Å²) in [5, 5.41) is 9.80. The summed E-state index contributed by atoms with van der Waals surface area (Å²) in [6.45, 7) is 6.08. The van der Waals surface area contributed by atoms with Crippen molar-refractivity contribution in [1.29, 1.82) is 0 Å². The van der Waals surface area contributed by atoms with Crippen LogP contribution in [0, 0.1) is 11.8 Å². The number of amides is 2. The number of carbonyl (C=O) groups excluding carboxylic acids is 2. The van der Waals surface area contributed by atoms with Crippen LogP contribution in [0.3, 0.4) is 0 Å². The van der Waals surface area contributed by atoms with Gasteiger partial charge in [-0.25, -0.2) is 23.1 Å². The molecule has 1 unspecified atom stereocenters. The van der Waals surface area contributed by atoms with Crippen LogP contribution in [-0.2, 0) is 14.3 Å². The molecule has 0 radical (unpaired) electrons. The van der Waals surface area contributed by atoms with Crippen LogP contribution in [0.2, 0.25) is 5.15 Å². The van der Waals surface area contributed by atoms with Crippen molar-refractivity contribution < 1.29 is 41.0 Å². The van der Waals surface area contributed by atoms with Crippen molar-refractivity contribution in [1.82, 2.24) is 25.2 Å². The Balaban J connectivity index is 1.57. The lowest BCUT2D eigenvalue weighted by Crippen LogP contribution is -2.44. The maximum atomic E-state index is 13.4. The number of hydrogen-bond donors (Lipinski definition) is 2. The van der Waals surface area contributed by atoms with E-state index in [4.69, 9.17) is 21.1 Å². The molecule has 2 aromatic heterocycles. The first-order chi connectivity index (χ1) is 19.2. The van der Waals surface area contributed by atoms with Crippen LogP contribution in [0.4, 0.5) is 26.7 Å². The Morgan fingerprint density at radius 3 is 2.33 bits per heavy atom. The van der Waals surface area contributed by atoms with Gasteiger partial charge in [-0.2, -0.15) is 18.3 Å². The molecular formula is C27H35ClF5N5O4. The highest BCUT2D eigenvalue weighted by Crippen LogP contribution is 2.45. The van der Waals surface area contributed by atoms with Crippen molar-refractivity contribution in [2.24, 2.45) is 11.8 Å². The number of alkyl halides is 5. The van der Waals surface area contributed by atoms with Crippen molar-refractivity contribution in [3.05, 3.63) is 28.7 Å². The first-order valence-electron chi connectivity index (χ1n) is 13.7. The molecule has 234 valence electrons. The van der Waals surface area contributed by atoms with Crippen LogP contribution in [0.5, 0.6) is 0 Å². The van der Waals surface area contributed by atoms with Gasteiger partial charge in [-0.15, -0.1) is 0 Å². The zero-order valence-electron chi connectivity index (χ0n) is 23.9. The Morgan fingerprint density at radius 1 is 1.14 bits per heavy atom. The number of aromatic nitrogens is 3. The van der Waals surface area contributed by atoms with Gasteiger partial charge in [0.05, 0.1) is 30.6 Å². The molecule has 15 heteroatoms. The zero-order chi connectivity index (χ0) is 31.3. The van der Waals surface area contributed by atoms with Crippen molar-refractivity contribution in [3.8, 4) is 0 Å². The molecule has 2 aromatic rings. The standard InChI is InChI=1S/C27H35ClF5N5O4/c1-24(2,3)42-23(40)35-18(13-41-25(4,5)27(31,32)33)17-12-38-19(34-17)9-16(22(28)37-38)21(15-6-7-15)36-20(39)8-14-10-26(29,30)11-14/h9,12,14-15,18,21H,6-8,10-11,13H2,1-5H3,(H,35,40)(H,36,39)/t18-,21?/m0/s1. The molecule has 9 nitrogen and oxygen atoms in total. The van der Waals surface area contributed by atoms with Gasteiger partial charge < -0.3 is 20.1 Å². The van der Waals surface area contributed by atoms with E-state index in [0.717, 1.165) is 26.7 Å². The fourth-order valence-electron chi connectivity index (χ4n) is 4.65. The van der Waals surface area contributed by atoms with Gasteiger partial charge in [0.15, 0.2) is 16.4 Å². The maximum absolute atomic E-state index is 13.4. The molecular weight excluding hydrogens is 589 g/mol. The van der Waals surface area contributed by atoms with Crippen LogP contribution < -0.4 is 10.6 Å². The fourth-order valence-corrected chi connectivity index (χ4v) is 4.90. The van der Waals surface area contributed by atoms with Crippen molar-refractivity contribution >= 4 is 29.2 Å². The van der Waals surface area contributed by atoms with Gasteiger partial charge in [-0.3, -0.25) is 4.79 Å². The summed E-state index contributed by atoms with van der Waals surface area (Å²) < 4.78 is 78.5. The summed E-state index contributed by atoms with van der Waals surface area (Å²) in [6.07, 6.45) is -3.17. The van der Waals surface area contributed by atoms with Crippen LogP contribution in [0.15, 0.2) is 12.3 Å². The zero-order valence-corrected chi connectivity index (χ0v) is 24.7. The van der Waals surface area contributed by atoms with Crippen LogP contribution in [0.1, 0.15) is 90.1 Å². The topological polar surface area (TPSA) is 107 Å². The number of nitrogens with zero attached hydrogens (tertiary/aromatic N) is 3. The van der Waals surface area contributed by atoms with Gasteiger partial charge >= 0.3 is 12.3 Å². The average Bonchev–Trinajstić information content (AvgIpc) is 3.56. The number of alkyl carbamates (subject to hydrolysis) is 1. The Labute approximate surface area is 244 Å². The first-order valence-corrected chi connectivity index (χ1v) is 14.0. The van der Waals surface area contributed by atoms with E-state index in [1.165, 1.54) is 10.7 Å². The monoisotopic (exact) mass is 623 g/mol. The molecule has 0 aliphatic heterocycles. The Hall–Kier alpha value is -2.74. The summed E-state index contributed by atoms with van der Waals surface area (Å²) in [7, 11) is 0. The van der Waals surface area contributed by atoms with Gasteiger partial charge in [-0.05, 0) is 65.4 Å². The average molecular weight is 624 g/mol. The summed E-state index contributed by atoms with van der Waals surface area (Å²) in [5.41, 5.74) is -2.51. The number of fused-ring (bicyclic) bond motifs is 1. The number of nitrogens with one attached hydrogen (secondary N) is 2. The summed E-state index contributed by atoms with van der Waals surface area (Å²) in [6, 6.07) is -0.0650. The quantitative estimate of drug-likeness (QED) is 0.301. The molecule has 2 amide bonds. The first kappa shape index (κ1) is 32.2. The van der Waals surface area contributed by atoms with E-state index < -0.39 is 48.1 Å². The maximum Gasteiger partial charge on any atom is 0.416 e. The Bertz CT molecular complexity index is 1310. The van der Waals surface area contributed by atoms with Gasteiger partial charge in [0.2, 0.25) is 11.8 Å². The summed E-state index contributed by atoms with van der Waals surface area (Å²) >= 11 is 6.50. The molecule has 2 aliphatic carbocycles. The number of hydrogen-bond acceptors (Lipinski definition) is 6. The number of halogens is 6. The Morgan fingerprint density at radius 2 is 1.79 bits per heavy atom. The number of carbonyl (C=O) groups is 2. The minimum absolute atomic E-state index is 0.0219. The third-order valence-electron chi connectivity index (χ3n) is 7.19. The van der Waals surface area contributed by atoms with Crippen LogP contribution in [-0.4, -0.2) is 56.5 Å². The van der Waals surface area contributed by atoms with E-state index >= 15 is 0 Å². The van der Waals surface area contributed by atoms with Gasteiger partial charge in [0.1, 0.15) is 5.60 Å². The van der Waals surface area contributed by atoms with E-state index in [1.807, 2.05) is 0 Å². The third-order valence-corrected chi connectivity index (χ3v) is 7.48. The smallest absolute Gasteiger partial charge is 0.416 e. The predicted molar refractivity (Wildman–Crippen MR) is 142 cm³/mol. The van der Waals surface area contributed by atoms with Gasteiger partial charge in [-0.1, -0.05) is 11.6 Å². The molecule has 0 saturated heterocycles. The minimum Gasteiger partial charge on any atom is -0.444 e. The van der Waals surface area contributed by atoms with E-state index in [-0.39, 0.29) is 53.5 Å². The predicted octanol–water partition coefficient (Wildman–Crippen LogP) is 6.31. The second-order valence-electron chi connectivity index (χ2n) is 12.6. The fraction of sp³-hybridized carbons (Fsp3) is 0.704. The summed E-state index contributed by atoms with van der Waals surface area (Å²) in [5.74, 6) is -3.39. The van der Waals surface area contributed by atoms with Crippen molar-refractivity contribution in [3.63, 3.8) is 0 Å². The molecule has 2 heterocycles. The molecule has 2 fully saturated rings. The van der Waals surface area contributed by atoms with Crippen LogP contribution >= 0.6 is 11.6 Å². The van der Waals surface area contributed by atoms with Crippen LogP contribution in [0.25, 0.3) is 5.65 Å². The lowest BCUT2D eigenvalue weighted by molar-refractivity contribution is -0.265. The van der Waals surface area contributed by atoms with Crippen molar-refractivity contribution in [2.75, 3.05) is 6.61 Å². The molecule has 42 heavy (non-hydrogen) atoms. The molecule has 0 bridgehead atoms. The van der Waals surface area contributed by atoms with Gasteiger partial charge in [0.25, 0.3) is 0 Å².